The average Bonchev–Trinajstić information content (AvgIpc) is 2.42. The van der Waals surface area contributed by atoms with Crippen LogP contribution in [0.15, 0.2) is 54.6 Å². The lowest BCUT2D eigenvalue weighted by Crippen LogP contribution is -2.19. The Labute approximate surface area is 107 Å². The number of para-hydroxylation sites is 3. The Morgan fingerprint density at radius 1 is 1.00 bits per heavy atom. The van der Waals surface area contributed by atoms with Crippen LogP contribution in [0.4, 0.5) is 17.1 Å². The van der Waals surface area contributed by atoms with Crippen molar-refractivity contribution in [3.05, 3.63) is 54.6 Å². The predicted molar refractivity (Wildman–Crippen MR) is 74.5 cm³/mol. The highest BCUT2D eigenvalue weighted by atomic mass is 15.1. The lowest BCUT2D eigenvalue weighted by molar-refractivity contribution is 0.949. The monoisotopic (exact) mass is 237 g/mol. The van der Waals surface area contributed by atoms with Crippen LogP contribution in [0.25, 0.3) is 0 Å². The first-order chi connectivity index (χ1) is 8.83. The minimum Gasteiger partial charge on any atom is -0.397 e. The van der Waals surface area contributed by atoms with Crippen LogP contribution in [0.2, 0.25) is 0 Å². The van der Waals surface area contributed by atoms with E-state index in [1.807, 2.05) is 54.6 Å². The number of benzene rings is 2. The minimum absolute atomic E-state index is 0.462. The number of hydrogen-bond donors (Lipinski definition) is 1. The van der Waals surface area contributed by atoms with E-state index in [1.54, 1.807) is 0 Å². The maximum absolute atomic E-state index is 8.77. The SMILES string of the molecule is N#CCCN(c1ccccc1)c1ccccc1N. The van der Waals surface area contributed by atoms with Crippen LogP contribution >= 0.6 is 0 Å². The van der Waals surface area contributed by atoms with Crippen molar-refractivity contribution in [2.45, 2.75) is 6.42 Å². The van der Waals surface area contributed by atoms with E-state index in [2.05, 4.69) is 11.0 Å². The molecule has 0 aliphatic heterocycles. The molecule has 2 N–H and O–H groups in total. The van der Waals surface area contributed by atoms with Gasteiger partial charge in [0.1, 0.15) is 0 Å². The zero-order valence-electron chi connectivity index (χ0n) is 10.1. The van der Waals surface area contributed by atoms with E-state index in [4.69, 9.17) is 11.0 Å². The number of nitrogens with zero attached hydrogens (tertiary/aromatic N) is 2. The summed E-state index contributed by atoms with van der Waals surface area (Å²) in [6, 6.07) is 19.8. The highest BCUT2D eigenvalue weighted by Crippen LogP contribution is 2.29. The fourth-order valence-corrected chi connectivity index (χ4v) is 1.89. The van der Waals surface area contributed by atoms with Gasteiger partial charge in [-0.15, -0.1) is 0 Å². The topological polar surface area (TPSA) is 53.0 Å². The molecule has 0 radical (unpaired) electrons. The van der Waals surface area contributed by atoms with Crippen LogP contribution in [0.1, 0.15) is 6.42 Å². The van der Waals surface area contributed by atoms with Crippen LogP contribution < -0.4 is 10.6 Å². The van der Waals surface area contributed by atoms with Gasteiger partial charge >= 0.3 is 0 Å². The summed E-state index contributed by atoms with van der Waals surface area (Å²) in [5, 5.41) is 8.77. The molecule has 0 fully saturated rings. The molecular weight excluding hydrogens is 222 g/mol. The molecule has 2 aromatic carbocycles. The molecule has 2 rings (SSSR count). The molecule has 0 amide bonds. The molecule has 0 heterocycles. The molecule has 90 valence electrons. The zero-order valence-corrected chi connectivity index (χ0v) is 10.1. The lowest BCUT2D eigenvalue weighted by Gasteiger charge is -2.25. The second-order valence-corrected chi connectivity index (χ2v) is 3.95. The number of anilines is 3. The first-order valence-electron chi connectivity index (χ1n) is 5.87. The van der Waals surface area contributed by atoms with Crippen molar-refractivity contribution in [3.63, 3.8) is 0 Å². The molecule has 18 heavy (non-hydrogen) atoms. The maximum Gasteiger partial charge on any atom is 0.0644 e. The Morgan fingerprint density at radius 3 is 2.33 bits per heavy atom. The van der Waals surface area contributed by atoms with Gasteiger partial charge in [-0.3, -0.25) is 0 Å². The van der Waals surface area contributed by atoms with E-state index >= 15 is 0 Å². The fourth-order valence-electron chi connectivity index (χ4n) is 1.89. The fraction of sp³-hybridized carbons (Fsp3) is 0.133. The largest absolute Gasteiger partial charge is 0.397 e. The van der Waals surface area contributed by atoms with Crippen LogP contribution in [0, 0.1) is 11.3 Å². The number of nitrogen functional groups attached to an aromatic ring is 1. The van der Waals surface area contributed by atoms with Gasteiger partial charge in [0, 0.05) is 12.2 Å². The molecule has 0 saturated heterocycles. The molecule has 0 aromatic heterocycles. The third-order valence-electron chi connectivity index (χ3n) is 2.74. The van der Waals surface area contributed by atoms with E-state index in [1.165, 1.54) is 0 Å². The van der Waals surface area contributed by atoms with E-state index in [0.717, 1.165) is 17.1 Å². The highest BCUT2D eigenvalue weighted by molar-refractivity contribution is 5.74. The van der Waals surface area contributed by atoms with Gasteiger partial charge in [0.2, 0.25) is 0 Å². The second-order valence-electron chi connectivity index (χ2n) is 3.95. The molecule has 0 bridgehead atoms. The molecule has 0 atom stereocenters. The number of rotatable bonds is 4. The summed E-state index contributed by atoms with van der Waals surface area (Å²) in [6.07, 6.45) is 0.462. The lowest BCUT2D eigenvalue weighted by atomic mass is 10.2. The van der Waals surface area contributed by atoms with Gasteiger partial charge in [-0.25, -0.2) is 0 Å². The molecule has 2 aromatic rings. The van der Waals surface area contributed by atoms with Crippen molar-refractivity contribution in [1.82, 2.24) is 0 Å². The van der Waals surface area contributed by atoms with Crippen molar-refractivity contribution in [3.8, 4) is 6.07 Å². The first-order valence-corrected chi connectivity index (χ1v) is 5.87. The van der Waals surface area contributed by atoms with Gasteiger partial charge in [0.05, 0.1) is 23.9 Å². The Kier molecular flexibility index (Phi) is 3.83. The molecule has 0 unspecified atom stereocenters. The molecule has 3 heteroatoms. The van der Waals surface area contributed by atoms with E-state index in [-0.39, 0.29) is 0 Å². The van der Waals surface area contributed by atoms with Crippen molar-refractivity contribution in [2.75, 3.05) is 17.2 Å². The van der Waals surface area contributed by atoms with E-state index in [9.17, 15) is 0 Å². The summed E-state index contributed by atoms with van der Waals surface area (Å²) < 4.78 is 0. The smallest absolute Gasteiger partial charge is 0.0644 e. The van der Waals surface area contributed by atoms with Gasteiger partial charge in [0.15, 0.2) is 0 Å². The van der Waals surface area contributed by atoms with Crippen LogP contribution in [0.5, 0.6) is 0 Å². The van der Waals surface area contributed by atoms with E-state index < -0.39 is 0 Å². The molecule has 0 aliphatic carbocycles. The molecule has 0 saturated carbocycles. The molecular formula is C15H15N3. The highest BCUT2D eigenvalue weighted by Gasteiger charge is 2.10. The third kappa shape index (κ3) is 2.61. The summed E-state index contributed by atoms with van der Waals surface area (Å²) in [5.74, 6) is 0. The molecule has 0 aliphatic rings. The quantitative estimate of drug-likeness (QED) is 0.830. The summed E-state index contributed by atoms with van der Waals surface area (Å²) in [6.45, 7) is 0.634. The summed E-state index contributed by atoms with van der Waals surface area (Å²) in [7, 11) is 0. The Morgan fingerprint density at radius 2 is 1.67 bits per heavy atom. The summed E-state index contributed by atoms with van der Waals surface area (Å²) in [5.41, 5.74) is 8.72. The number of hydrogen-bond acceptors (Lipinski definition) is 3. The molecule has 0 spiro atoms. The van der Waals surface area contributed by atoms with Crippen LogP contribution in [-0.4, -0.2) is 6.54 Å². The number of nitrogens with two attached hydrogens (primary N) is 1. The van der Waals surface area contributed by atoms with Crippen molar-refractivity contribution < 1.29 is 0 Å². The van der Waals surface area contributed by atoms with Crippen molar-refractivity contribution >= 4 is 17.1 Å². The van der Waals surface area contributed by atoms with Crippen molar-refractivity contribution in [2.24, 2.45) is 0 Å². The Hall–Kier alpha value is -2.47. The predicted octanol–water partition coefficient (Wildman–Crippen LogP) is 3.32. The maximum atomic E-state index is 8.77. The van der Waals surface area contributed by atoms with Crippen molar-refractivity contribution in [1.29, 1.82) is 5.26 Å². The first kappa shape index (κ1) is 12.0. The second kappa shape index (κ2) is 5.74. The van der Waals surface area contributed by atoms with Gasteiger partial charge in [0.25, 0.3) is 0 Å². The van der Waals surface area contributed by atoms with E-state index in [0.29, 0.717) is 13.0 Å². The van der Waals surface area contributed by atoms with Gasteiger partial charge in [-0.1, -0.05) is 30.3 Å². The minimum atomic E-state index is 0.462. The average molecular weight is 237 g/mol. The Balaban J connectivity index is 2.38. The zero-order chi connectivity index (χ0) is 12.8. The normalized spacial score (nSPS) is 9.72. The van der Waals surface area contributed by atoms with Gasteiger partial charge in [-0.2, -0.15) is 5.26 Å². The van der Waals surface area contributed by atoms with Gasteiger partial charge < -0.3 is 10.6 Å². The third-order valence-corrected chi connectivity index (χ3v) is 2.74. The molecule has 3 nitrogen and oxygen atoms in total. The summed E-state index contributed by atoms with van der Waals surface area (Å²) in [4.78, 5) is 2.07. The Bertz CT molecular complexity index is 543. The number of nitriles is 1. The standard InChI is InChI=1S/C15H15N3/c16-11-6-12-18(13-7-2-1-3-8-13)15-10-5-4-9-14(15)17/h1-5,7-10H,6,12,17H2. The van der Waals surface area contributed by atoms with Crippen LogP contribution in [-0.2, 0) is 0 Å². The van der Waals surface area contributed by atoms with Gasteiger partial charge in [-0.05, 0) is 24.3 Å². The van der Waals surface area contributed by atoms with Crippen LogP contribution in [0.3, 0.4) is 0 Å². The summed E-state index contributed by atoms with van der Waals surface area (Å²) >= 11 is 0.